The number of benzene rings is 1. The van der Waals surface area contributed by atoms with E-state index in [-0.39, 0.29) is 5.91 Å². The lowest BCUT2D eigenvalue weighted by atomic mass is 10.0. The predicted octanol–water partition coefficient (Wildman–Crippen LogP) is 2.55. The molecule has 0 saturated heterocycles. The summed E-state index contributed by atoms with van der Waals surface area (Å²) in [7, 11) is 0. The van der Waals surface area contributed by atoms with Crippen molar-refractivity contribution in [3.63, 3.8) is 0 Å². The van der Waals surface area contributed by atoms with E-state index in [0.29, 0.717) is 12.3 Å². The van der Waals surface area contributed by atoms with E-state index in [1.54, 1.807) is 6.20 Å². The molecule has 19 heavy (non-hydrogen) atoms. The van der Waals surface area contributed by atoms with Gasteiger partial charge in [0.1, 0.15) is 0 Å². The number of anilines is 1. The molecule has 0 bridgehead atoms. The number of aromatic nitrogens is 1. The first-order valence-electron chi connectivity index (χ1n) is 6.47. The number of hydrogen-bond acceptors (Lipinski definition) is 3. The van der Waals surface area contributed by atoms with E-state index in [1.165, 1.54) is 0 Å². The molecule has 2 aromatic rings. The number of hydrogen-bond donors (Lipinski definition) is 2. The molecule has 0 aliphatic rings. The Morgan fingerprint density at radius 2 is 2.16 bits per heavy atom. The zero-order valence-electron chi connectivity index (χ0n) is 11.3. The van der Waals surface area contributed by atoms with Crippen LogP contribution in [0, 0.1) is 5.92 Å². The molecule has 1 aromatic heterocycles. The molecular formula is C15H19N3O. The maximum absolute atomic E-state index is 11.9. The number of amides is 1. The van der Waals surface area contributed by atoms with Gasteiger partial charge in [-0.05, 0) is 36.6 Å². The van der Waals surface area contributed by atoms with Crippen molar-refractivity contribution in [3.8, 4) is 0 Å². The number of fused-ring (bicyclic) bond motifs is 1. The Hall–Kier alpha value is -1.94. The summed E-state index contributed by atoms with van der Waals surface area (Å²) in [6.07, 6.45) is 2.43. The monoisotopic (exact) mass is 257 g/mol. The number of nitrogens with one attached hydrogen (secondary N) is 1. The second-order valence-corrected chi connectivity index (χ2v) is 5.14. The quantitative estimate of drug-likeness (QED) is 0.884. The van der Waals surface area contributed by atoms with Crippen LogP contribution in [0.4, 0.5) is 5.69 Å². The lowest BCUT2D eigenvalue weighted by molar-refractivity contribution is -0.117. The number of carbonyl (C=O) groups excluding carboxylic acids is 1. The van der Waals surface area contributed by atoms with Crippen LogP contribution in [0.3, 0.4) is 0 Å². The van der Waals surface area contributed by atoms with Crippen molar-refractivity contribution in [1.82, 2.24) is 4.98 Å². The minimum Gasteiger partial charge on any atom is -0.325 e. The second kappa shape index (κ2) is 5.80. The molecular weight excluding hydrogens is 238 g/mol. The molecule has 0 aliphatic carbocycles. The van der Waals surface area contributed by atoms with Gasteiger partial charge in [-0.25, -0.2) is 0 Å². The van der Waals surface area contributed by atoms with Gasteiger partial charge in [-0.3, -0.25) is 9.78 Å². The van der Waals surface area contributed by atoms with E-state index >= 15 is 0 Å². The van der Waals surface area contributed by atoms with Crippen molar-refractivity contribution in [2.24, 2.45) is 11.7 Å². The minimum absolute atomic E-state index is 0.142. The van der Waals surface area contributed by atoms with E-state index in [9.17, 15) is 4.79 Å². The largest absolute Gasteiger partial charge is 0.325 e. The van der Waals surface area contributed by atoms with Crippen LogP contribution in [0.15, 0.2) is 36.5 Å². The van der Waals surface area contributed by atoms with Crippen LogP contribution in [0.25, 0.3) is 10.9 Å². The number of nitrogens with zero attached hydrogens (tertiary/aromatic N) is 1. The third-order valence-electron chi connectivity index (χ3n) is 2.93. The molecule has 0 radical (unpaired) electrons. The topological polar surface area (TPSA) is 68.0 Å². The Morgan fingerprint density at radius 3 is 2.89 bits per heavy atom. The Balaban J connectivity index is 2.10. The Bertz CT molecular complexity index is 580. The van der Waals surface area contributed by atoms with Crippen LogP contribution in [0.5, 0.6) is 0 Å². The van der Waals surface area contributed by atoms with E-state index in [4.69, 9.17) is 5.73 Å². The maximum Gasteiger partial charge on any atom is 0.241 e. The number of nitrogens with two attached hydrogens (primary N) is 1. The Labute approximate surface area is 113 Å². The molecule has 0 fully saturated rings. The molecule has 0 saturated carbocycles. The van der Waals surface area contributed by atoms with E-state index < -0.39 is 6.04 Å². The average molecular weight is 257 g/mol. The summed E-state index contributed by atoms with van der Waals surface area (Å²) >= 11 is 0. The first-order chi connectivity index (χ1) is 9.06. The van der Waals surface area contributed by atoms with Crippen LogP contribution >= 0.6 is 0 Å². The van der Waals surface area contributed by atoms with Crippen molar-refractivity contribution in [3.05, 3.63) is 36.5 Å². The minimum atomic E-state index is -0.468. The van der Waals surface area contributed by atoms with Gasteiger partial charge in [0.05, 0.1) is 11.6 Å². The van der Waals surface area contributed by atoms with Gasteiger partial charge in [0.25, 0.3) is 0 Å². The first-order valence-corrected chi connectivity index (χ1v) is 6.47. The van der Waals surface area contributed by atoms with E-state index in [0.717, 1.165) is 16.6 Å². The van der Waals surface area contributed by atoms with Crippen molar-refractivity contribution < 1.29 is 4.79 Å². The molecule has 0 aliphatic heterocycles. The van der Waals surface area contributed by atoms with Gasteiger partial charge in [0.2, 0.25) is 5.91 Å². The highest BCUT2D eigenvalue weighted by Gasteiger charge is 2.15. The summed E-state index contributed by atoms with van der Waals surface area (Å²) in [4.78, 5) is 16.2. The van der Waals surface area contributed by atoms with Gasteiger partial charge in [-0.1, -0.05) is 19.9 Å². The predicted molar refractivity (Wildman–Crippen MR) is 77.8 cm³/mol. The third-order valence-corrected chi connectivity index (χ3v) is 2.93. The Kier molecular flexibility index (Phi) is 4.12. The average Bonchev–Trinajstić information content (AvgIpc) is 2.37. The number of rotatable bonds is 4. The molecule has 4 heteroatoms. The lowest BCUT2D eigenvalue weighted by Crippen LogP contribution is -2.36. The van der Waals surface area contributed by atoms with Crippen LogP contribution in [-0.2, 0) is 4.79 Å². The van der Waals surface area contributed by atoms with E-state index in [2.05, 4.69) is 24.1 Å². The van der Waals surface area contributed by atoms with Crippen LogP contribution in [-0.4, -0.2) is 16.9 Å². The fourth-order valence-electron chi connectivity index (χ4n) is 2.00. The molecule has 1 unspecified atom stereocenters. The SMILES string of the molecule is CC(C)CC(N)C(=O)Nc1ccc2ncccc2c1. The van der Waals surface area contributed by atoms with Crippen LogP contribution < -0.4 is 11.1 Å². The smallest absolute Gasteiger partial charge is 0.241 e. The van der Waals surface area contributed by atoms with Crippen molar-refractivity contribution >= 4 is 22.5 Å². The Morgan fingerprint density at radius 1 is 1.37 bits per heavy atom. The fraction of sp³-hybridized carbons (Fsp3) is 0.333. The van der Waals surface area contributed by atoms with Gasteiger partial charge < -0.3 is 11.1 Å². The third kappa shape index (κ3) is 3.51. The number of carbonyl (C=O) groups is 1. The standard InChI is InChI=1S/C15H19N3O/c1-10(2)8-13(16)15(19)18-12-5-6-14-11(9-12)4-3-7-17-14/h3-7,9-10,13H,8,16H2,1-2H3,(H,18,19). The molecule has 4 nitrogen and oxygen atoms in total. The van der Waals surface area contributed by atoms with Crippen molar-refractivity contribution in [2.45, 2.75) is 26.3 Å². The summed E-state index contributed by atoms with van der Waals surface area (Å²) in [5.74, 6) is 0.262. The molecule has 1 atom stereocenters. The number of pyridine rings is 1. The first kappa shape index (κ1) is 13.5. The molecule has 0 spiro atoms. The van der Waals surface area contributed by atoms with Gasteiger partial charge in [-0.2, -0.15) is 0 Å². The second-order valence-electron chi connectivity index (χ2n) is 5.14. The molecule has 1 aromatic carbocycles. The summed E-state index contributed by atoms with van der Waals surface area (Å²) in [5, 5.41) is 3.85. The molecule has 1 amide bonds. The zero-order chi connectivity index (χ0) is 13.8. The lowest BCUT2D eigenvalue weighted by Gasteiger charge is -2.14. The molecule has 2 rings (SSSR count). The molecule has 100 valence electrons. The summed E-state index contributed by atoms with van der Waals surface area (Å²) in [6, 6.07) is 9.01. The highest BCUT2D eigenvalue weighted by molar-refractivity contribution is 5.96. The van der Waals surface area contributed by atoms with Gasteiger partial charge >= 0.3 is 0 Å². The van der Waals surface area contributed by atoms with Crippen LogP contribution in [0.1, 0.15) is 20.3 Å². The van der Waals surface area contributed by atoms with Crippen LogP contribution in [0.2, 0.25) is 0 Å². The zero-order valence-corrected chi connectivity index (χ0v) is 11.3. The van der Waals surface area contributed by atoms with E-state index in [1.807, 2.05) is 30.3 Å². The fourth-order valence-corrected chi connectivity index (χ4v) is 2.00. The van der Waals surface area contributed by atoms with Gasteiger partial charge in [0.15, 0.2) is 0 Å². The summed E-state index contributed by atoms with van der Waals surface area (Å²) < 4.78 is 0. The van der Waals surface area contributed by atoms with Gasteiger partial charge in [-0.15, -0.1) is 0 Å². The van der Waals surface area contributed by atoms with Crippen molar-refractivity contribution in [2.75, 3.05) is 5.32 Å². The molecule has 1 heterocycles. The summed E-state index contributed by atoms with van der Waals surface area (Å²) in [6.45, 7) is 4.10. The van der Waals surface area contributed by atoms with Gasteiger partial charge in [0, 0.05) is 17.3 Å². The highest BCUT2D eigenvalue weighted by atomic mass is 16.2. The molecule has 3 N–H and O–H groups in total. The normalized spacial score (nSPS) is 12.6. The highest BCUT2D eigenvalue weighted by Crippen LogP contribution is 2.17. The maximum atomic E-state index is 11.9. The summed E-state index contributed by atoms with van der Waals surface area (Å²) in [5.41, 5.74) is 7.52. The van der Waals surface area contributed by atoms with Crippen molar-refractivity contribution in [1.29, 1.82) is 0 Å².